The second-order valence-corrected chi connectivity index (χ2v) is 4.79. The van der Waals surface area contributed by atoms with Gasteiger partial charge < -0.3 is 14.9 Å². The van der Waals surface area contributed by atoms with Crippen molar-refractivity contribution in [2.24, 2.45) is 0 Å². The molecule has 0 saturated carbocycles. The van der Waals surface area contributed by atoms with Gasteiger partial charge in [0.2, 0.25) is 0 Å². The lowest BCUT2D eigenvalue weighted by Gasteiger charge is -2.33. The Balaban J connectivity index is 3.05. The van der Waals surface area contributed by atoms with Crippen LogP contribution < -0.4 is 4.90 Å². The van der Waals surface area contributed by atoms with Crippen molar-refractivity contribution in [1.29, 1.82) is 0 Å². The standard InChI is InChI=1S/C14H23FN2O/c1-5-17(11(2)9-16(3)4)14-8-6-7-13(15)12(14)10-18/h6-8,11,18H,5,9-10H2,1-4H3. The van der Waals surface area contributed by atoms with Crippen molar-refractivity contribution in [3.05, 3.63) is 29.6 Å². The summed E-state index contributed by atoms with van der Waals surface area (Å²) in [6.07, 6.45) is 0. The van der Waals surface area contributed by atoms with Crippen molar-refractivity contribution in [3.8, 4) is 0 Å². The Morgan fingerprint density at radius 3 is 2.50 bits per heavy atom. The molecule has 3 nitrogen and oxygen atoms in total. The normalized spacial score (nSPS) is 12.8. The van der Waals surface area contributed by atoms with Crippen molar-refractivity contribution in [2.75, 3.05) is 32.1 Å². The quantitative estimate of drug-likeness (QED) is 0.842. The number of rotatable bonds is 6. The highest BCUT2D eigenvalue weighted by atomic mass is 19.1. The van der Waals surface area contributed by atoms with Crippen molar-refractivity contribution < 1.29 is 9.50 Å². The number of aliphatic hydroxyl groups excluding tert-OH is 1. The molecule has 1 aromatic carbocycles. The zero-order valence-corrected chi connectivity index (χ0v) is 11.7. The molecule has 0 saturated heterocycles. The number of likely N-dealkylation sites (N-methyl/N-ethyl adjacent to an activating group) is 2. The van der Waals surface area contributed by atoms with E-state index in [1.54, 1.807) is 6.07 Å². The molecular weight excluding hydrogens is 231 g/mol. The van der Waals surface area contributed by atoms with Crippen molar-refractivity contribution in [2.45, 2.75) is 26.5 Å². The summed E-state index contributed by atoms with van der Waals surface area (Å²) in [6, 6.07) is 5.20. The van der Waals surface area contributed by atoms with Crippen LogP contribution in [-0.4, -0.2) is 43.2 Å². The van der Waals surface area contributed by atoms with Gasteiger partial charge in [0.05, 0.1) is 6.61 Å². The van der Waals surface area contributed by atoms with E-state index in [0.29, 0.717) is 5.56 Å². The fourth-order valence-electron chi connectivity index (χ4n) is 2.32. The number of halogens is 1. The van der Waals surface area contributed by atoms with Gasteiger partial charge in [-0.25, -0.2) is 4.39 Å². The molecule has 1 aromatic rings. The van der Waals surface area contributed by atoms with Crippen LogP contribution in [0.3, 0.4) is 0 Å². The summed E-state index contributed by atoms with van der Waals surface area (Å²) in [5.41, 5.74) is 1.17. The average molecular weight is 254 g/mol. The smallest absolute Gasteiger partial charge is 0.130 e. The fourth-order valence-corrected chi connectivity index (χ4v) is 2.32. The minimum absolute atomic E-state index is 0.261. The third-order valence-corrected chi connectivity index (χ3v) is 3.06. The summed E-state index contributed by atoms with van der Waals surface area (Å²) >= 11 is 0. The molecule has 18 heavy (non-hydrogen) atoms. The van der Waals surface area contributed by atoms with E-state index in [2.05, 4.69) is 16.7 Å². The highest BCUT2D eigenvalue weighted by Crippen LogP contribution is 2.25. The third-order valence-electron chi connectivity index (χ3n) is 3.06. The molecule has 1 atom stereocenters. The molecule has 4 heteroatoms. The predicted octanol–water partition coefficient (Wildman–Crippen LogP) is 2.09. The van der Waals surface area contributed by atoms with Crippen LogP contribution >= 0.6 is 0 Å². The number of hydrogen-bond donors (Lipinski definition) is 1. The van der Waals surface area contributed by atoms with E-state index in [4.69, 9.17) is 0 Å². The predicted molar refractivity (Wildman–Crippen MR) is 73.4 cm³/mol. The summed E-state index contributed by atoms with van der Waals surface area (Å²) in [4.78, 5) is 4.22. The van der Waals surface area contributed by atoms with Gasteiger partial charge in [-0.1, -0.05) is 6.07 Å². The molecule has 0 amide bonds. The lowest BCUT2D eigenvalue weighted by molar-refractivity contribution is 0.275. The zero-order chi connectivity index (χ0) is 13.7. The molecule has 0 aliphatic heterocycles. The number of hydrogen-bond acceptors (Lipinski definition) is 3. The van der Waals surface area contributed by atoms with Crippen molar-refractivity contribution in [3.63, 3.8) is 0 Å². The molecule has 102 valence electrons. The van der Waals surface area contributed by atoms with E-state index in [9.17, 15) is 9.50 Å². The lowest BCUT2D eigenvalue weighted by atomic mass is 10.1. The van der Waals surface area contributed by atoms with Gasteiger partial charge >= 0.3 is 0 Å². The zero-order valence-electron chi connectivity index (χ0n) is 11.7. The van der Waals surface area contributed by atoms with E-state index in [1.807, 2.05) is 27.1 Å². The van der Waals surface area contributed by atoms with Crippen LogP contribution in [-0.2, 0) is 6.61 Å². The minimum atomic E-state index is -0.342. The van der Waals surface area contributed by atoms with E-state index in [1.165, 1.54) is 6.07 Å². The molecule has 1 N–H and O–H groups in total. The Bertz CT molecular complexity index is 382. The molecule has 1 unspecified atom stereocenters. The summed E-state index contributed by atoms with van der Waals surface area (Å²) in [6.45, 7) is 5.54. The Hall–Kier alpha value is -1.13. The second-order valence-electron chi connectivity index (χ2n) is 4.79. The molecule has 0 aliphatic rings. The van der Waals surface area contributed by atoms with Gasteiger partial charge in [0.1, 0.15) is 5.82 Å². The maximum Gasteiger partial charge on any atom is 0.130 e. The Morgan fingerprint density at radius 2 is 2.00 bits per heavy atom. The van der Waals surface area contributed by atoms with E-state index in [-0.39, 0.29) is 18.5 Å². The molecule has 0 spiro atoms. The first-order chi connectivity index (χ1) is 8.51. The van der Waals surface area contributed by atoms with Crippen LogP contribution in [0, 0.1) is 5.82 Å². The first-order valence-corrected chi connectivity index (χ1v) is 6.30. The minimum Gasteiger partial charge on any atom is -0.391 e. The molecule has 0 aromatic heterocycles. The summed E-state index contributed by atoms with van der Waals surface area (Å²) in [5.74, 6) is -0.342. The topological polar surface area (TPSA) is 26.7 Å². The van der Waals surface area contributed by atoms with Crippen LogP contribution in [0.25, 0.3) is 0 Å². The number of benzene rings is 1. The van der Waals surface area contributed by atoms with Crippen LogP contribution in [0.15, 0.2) is 18.2 Å². The Morgan fingerprint density at radius 1 is 1.33 bits per heavy atom. The molecular formula is C14H23FN2O. The number of nitrogens with zero attached hydrogens (tertiary/aromatic N) is 2. The van der Waals surface area contributed by atoms with Gasteiger partial charge in [0.15, 0.2) is 0 Å². The second kappa shape index (κ2) is 6.71. The monoisotopic (exact) mass is 254 g/mol. The first-order valence-electron chi connectivity index (χ1n) is 6.30. The number of anilines is 1. The van der Waals surface area contributed by atoms with E-state index in [0.717, 1.165) is 18.8 Å². The molecule has 1 rings (SSSR count). The molecule has 0 radical (unpaired) electrons. The summed E-state index contributed by atoms with van der Waals surface area (Å²) in [7, 11) is 4.03. The van der Waals surface area contributed by atoms with Gasteiger partial charge in [0, 0.05) is 30.4 Å². The molecule has 0 heterocycles. The highest BCUT2D eigenvalue weighted by Gasteiger charge is 2.18. The van der Waals surface area contributed by atoms with Crippen LogP contribution in [0.5, 0.6) is 0 Å². The maximum atomic E-state index is 13.7. The average Bonchev–Trinajstić information content (AvgIpc) is 2.29. The highest BCUT2D eigenvalue weighted by molar-refractivity contribution is 5.54. The Labute approximate surface area is 109 Å². The van der Waals surface area contributed by atoms with Gasteiger partial charge in [-0.2, -0.15) is 0 Å². The SMILES string of the molecule is CCN(c1cccc(F)c1CO)C(C)CN(C)C. The largest absolute Gasteiger partial charge is 0.391 e. The molecule has 0 aliphatic carbocycles. The maximum absolute atomic E-state index is 13.7. The first kappa shape index (κ1) is 14.9. The van der Waals surface area contributed by atoms with Gasteiger partial charge in [-0.15, -0.1) is 0 Å². The van der Waals surface area contributed by atoms with Crippen LogP contribution in [0.2, 0.25) is 0 Å². The van der Waals surface area contributed by atoms with E-state index < -0.39 is 0 Å². The summed E-state index contributed by atoms with van der Waals surface area (Å²) < 4.78 is 13.7. The lowest BCUT2D eigenvalue weighted by Crippen LogP contribution is -2.40. The van der Waals surface area contributed by atoms with Crippen molar-refractivity contribution in [1.82, 2.24) is 4.90 Å². The fraction of sp³-hybridized carbons (Fsp3) is 0.571. The van der Waals surface area contributed by atoms with Crippen LogP contribution in [0.1, 0.15) is 19.4 Å². The number of aliphatic hydroxyl groups is 1. The molecule has 0 fully saturated rings. The van der Waals surface area contributed by atoms with Crippen LogP contribution in [0.4, 0.5) is 10.1 Å². The van der Waals surface area contributed by atoms with Gasteiger partial charge in [-0.05, 0) is 40.1 Å². The third kappa shape index (κ3) is 3.43. The van der Waals surface area contributed by atoms with Gasteiger partial charge in [0.25, 0.3) is 0 Å². The van der Waals surface area contributed by atoms with Crippen molar-refractivity contribution >= 4 is 5.69 Å². The van der Waals surface area contributed by atoms with E-state index >= 15 is 0 Å². The summed E-state index contributed by atoms with van der Waals surface area (Å²) in [5, 5.41) is 9.33. The van der Waals surface area contributed by atoms with Gasteiger partial charge in [-0.3, -0.25) is 0 Å². The molecule has 0 bridgehead atoms. The Kier molecular flexibility index (Phi) is 5.56.